The van der Waals surface area contributed by atoms with Crippen LogP contribution in [0.2, 0.25) is 0 Å². The van der Waals surface area contributed by atoms with Crippen molar-refractivity contribution in [2.24, 2.45) is 5.92 Å². The first-order chi connectivity index (χ1) is 10.7. The van der Waals surface area contributed by atoms with Crippen molar-refractivity contribution in [1.29, 1.82) is 0 Å². The Morgan fingerprint density at radius 2 is 1.91 bits per heavy atom. The number of nitrogens with one attached hydrogen (secondary N) is 1. The van der Waals surface area contributed by atoms with Gasteiger partial charge in [0.15, 0.2) is 0 Å². The number of rotatable bonds is 4. The number of nitrogens with zero attached hydrogens (tertiary/aromatic N) is 2. The van der Waals surface area contributed by atoms with Gasteiger partial charge in [-0.25, -0.2) is 0 Å². The Morgan fingerprint density at radius 1 is 1.18 bits per heavy atom. The number of benzene rings is 1. The van der Waals surface area contributed by atoms with Crippen LogP contribution in [-0.2, 0) is 4.79 Å². The third-order valence-corrected chi connectivity index (χ3v) is 5.34. The molecule has 1 saturated carbocycles. The van der Waals surface area contributed by atoms with Crippen molar-refractivity contribution in [3.8, 4) is 0 Å². The Balaban J connectivity index is 1.64. The molecule has 1 N–H and O–H groups in total. The fourth-order valence-electron chi connectivity index (χ4n) is 2.92. The van der Waals surface area contributed by atoms with E-state index in [4.69, 9.17) is 0 Å². The van der Waals surface area contributed by atoms with Crippen molar-refractivity contribution >= 4 is 22.4 Å². The Labute approximate surface area is 135 Å². The van der Waals surface area contributed by atoms with E-state index >= 15 is 0 Å². The first-order valence-corrected chi connectivity index (χ1v) is 8.75. The number of hydrogen-bond donors (Lipinski definition) is 1. The highest BCUT2D eigenvalue weighted by Crippen LogP contribution is 2.30. The minimum Gasteiger partial charge on any atom is -0.300 e. The summed E-state index contributed by atoms with van der Waals surface area (Å²) < 4.78 is 0. The Hall–Kier alpha value is -1.75. The molecule has 2 aromatic rings. The summed E-state index contributed by atoms with van der Waals surface area (Å²) in [6.07, 6.45) is 5.56. The summed E-state index contributed by atoms with van der Waals surface area (Å²) in [5.41, 5.74) is 1.21. The van der Waals surface area contributed by atoms with E-state index in [0.29, 0.717) is 5.13 Å². The molecule has 1 aromatic heterocycles. The lowest BCUT2D eigenvalue weighted by Gasteiger charge is -2.19. The van der Waals surface area contributed by atoms with Crippen molar-refractivity contribution in [3.63, 3.8) is 0 Å². The Bertz CT molecular complexity index is 620. The zero-order valence-electron chi connectivity index (χ0n) is 12.8. The predicted octanol–water partition coefficient (Wildman–Crippen LogP) is 4.21. The van der Waals surface area contributed by atoms with Crippen LogP contribution >= 0.6 is 11.3 Å². The average molecular weight is 315 g/mol. The molecule has 0 aliphatic heterocycles. The lowest BCUT2D eigenvalue weighted by molar-refractivity contribution is -0.120. The molecule has 22 heavy (non-hydrogen) atoms. The van der Waals surface area contributed by atoms with E-state index in [0.717, 1.165) is 30.7 Å². The van der Waals surface area contributed by atoms with Crippen LogP contribution in [0.5, 0.6) is 0 Å². The molecular formula is C17H21N3OS. The van der Waals surface area contributed by atoms with Crippen molar-refractivity contribution in [2.75, 3.05) is 5.32 Å². The molecule has 3 rings (SSSR count). The number of aromatic nitrogens is 2. The molecule has 116 valence electrons. The van der Waals surface area contributed by atoms with E-state index in [-0.39, 0.29) is 17.7 Å². The summed E-state index contributed by atoms with van der Waals surface area (Å²) in [7, 11) is 0. The Morgan fingerprint density at radius 3 is 2.64 bits per heavy atom. The van der Waals surface area contributed by atoms with Crippen LogP contribution in [0.4, 0.5) is 5.13 Å². The summed E-state index contributed by atoms with van der Waals surface area (Å²) >= 11 is 1.47. The molecule has 1 aliphatic rings. The topological polar surface area (TPSA) is 54.9 Å². The molecule has 0 bridgehead atoms. The maximum atomic E-state index is 12.2. The first kappa shape index (κ1) is 15.2. The minimum absolute atomic E-state index is 0.106. The van der Waals surface area contributed by atoms with Gasteiger partial charge in [-0.3, -0.25) is 4.79 Å². The van der Waals surface area contributed by atoms with Crippen molar-refractivity contribution in [3.05, 3.63) is 40.9 Å². The number of carbonyl (C=O) groups is 1. The second-order valence-corrected chi connectivity index (χ2v) is 6.91. The van der Waals surface area contributed by atoms with Gasteiger partial charge in [0, 0.05) is 11.8 Å². The second kappa shape index (κ2) is 7.01. The molecule has 0 radical (unpaired) electrons. The van der Waals surface area contributed by atoms with Gasteiger partial charge in [0.05, 0.1) is 0 Å². The van der Waals surface area contributed by atoms with Crippen LogP contribution in [0.1, 0.15) is 55.5 Å². The molecule has 5 heteroatoms. The van der Waals surface area contributed by atoms with Crippen molar-refractivity contribution < 1.29 is 4.79 Å². The number of hydrogen-bond acceptors (Lipinski definition) is 4. The van der Waals surface area contributed by atoms with Gasteiger partial charge in [-0.1, -0.05) is 67.9 Å². The molecule has 1 amide bonds. The molecule has 1 heterocycles. The standard InChI is InChI=1S/C17H21N3OS/c1-12(13-8-4-2-5-9-13)16-19-20-17(22-16)18-15(21)14-10-6-3-7-11-14/h2,4-5,8-9,12,14H,3,6-7,10-11H2,1H3,(H,18,20,21)/t12-/m0/s1. The smallest absolute Gasteiger partial charge is 0.229 e. The lowest BCUT2D eigenvalue weighted by atomic mass is 9.89. The summed E-state index contributed by atoms with van der Waals surface area (Å²) in [6.45, 7) is 2.11. The van der Waals surface area contributed by atoms with E-state index in [1.807, 2.05) is 18.2 Å². The van der Waals surface area contributed by atoms with Crippen molar-refractivity contribution in [1.82, 2.24) is 10.2 Å². The molecule has 0 saturated heterocycles. The van der Waals surface area contributed by atoms with Crippen LogP contribution in [0.3, 0.4) is 0 Å². The number of carbonyl (C=O) groups excluding carboxylic acids is 1. The van der Waals surface area contributed by atoms with Crippen LogP contribution in [-0.4, -0.2) is 16.1 Å². The molecular weight excluding hydrogens is 294 g/mol. The van der Waals surface area contributed by atoms with Gasteiger partial charge in [-0.05, 0) is 18.4 Å². The normalized spacial score (nSPS) is 17.1. The van der Waals surface area contributed by atoms with Crippen LogP contribution in [0, 0.1) is 5.92 Å². The zero-order chi connectivity index (χ0) is 15.4. The first-order valence-electron chi connectivity index (χ1n) is 7.93. The maximum Gasteiger partial charge on any atom is 0.229 e. The fourth-order valence-corrected chi connectivity index (χ4v) is 3.74. The average Bonchev–Trinajstić information content (AvgIpc) is 3.04. The third kappa shape index (κ3) is 3.53. The van der Waals surface area contributed by atoms with Gasteiger partial charge in [0.25, 0.3) is 0 Å². The summed E-state index contributed by atoms with van der Waals surface area (Å²) in [5.74, 6) is 0.446. The van der Waals surface area contributed by atoms with Gasteiger partial charge in [-0.2, -0.15) is 0 Å². The van der Waals surface area contributed by atoms with E-state index < -0.39 is 0 Å². The minimum atomic E-state index is 0.106. The highest BCUT2D eigenvalue weighted by molar-refractivity contribution is 7.15. The summed E-state index contributed by atoms with van der Waals surface area (Å²) in [6, 6.07) is 10.2. The monoisotopic (exact) mass is 315 g/mol. The van der Waals surface area contributed by atoms with Crippen LogP contribution in [0.25, 0.3) is 0 Å². The predicted molar refractivity (Wildman–Crippen MR) is 89.1 cm³/mol. The van der Waals surface area contributed by atoms with Gasteiger partial charge < -0.3 is 5.32 Å². The number of amides is 1. The molecule has 0 spiro atoms. The second-order valence-electron chi connectivity index (χ2n) is 5.90. The van der Waals surface area contributed by atoms with E-state index in [2.05, 4.69) is 34.6 Å². The molecule has 1 aliphatic carbocycles. The molecule has 1 atom stereocenters. The largest absolute Gasteiger partial charge is 0.300 e. The SMILES string of the molecule is C[C@@H](c1ccccc1)c1nnc(NC(=O)C2CCCCC2)s1. The maximum absolute atomic E-state index is 12.2. The van der Waals surface area contributed by atoms with Gasteiger partial charge in [-0.15, -0.1) is 10.2 Å². The molecule has 1 fully saturated rings. The summed E-state index contributed by atoms with van der Waals surface area (Å²) in [5, 5.41) is 12.9. The summed E-state index contributed by atoms with van der Waals surface area (Å²) in [4.78, 5) is 12.2. The van der Waals surface area contributed by atoms with E-state index in [9.17, 15) is 4.79 Å². The zero-order valence-corrected chi connectivity index (χ0v) is 13.6. The number of anilines is 1. The van der Waals surface area contributed by atoms with Crippen molar-refractivity contribution in [2.45, 2.75) is 44.9 Å². The van der Waals surface area contributed by atoms with Gasteiger partial charge in [0.1, 0.15) is 5.01 Å². The highest BCUT2D eigenvalue weighted by atomic mass is 32.1. The third-order valence-electron chi connectivity index (χ3n) is 4.32. The highest BCUT2D eigenvalue weighted by Gasteiger charge is 2.22. The fraction of sp³-hybridized carbons (Fsp3) is 0.471. The quantitative estimate of drug-likeness (QED) is 0.919. The molecule has 0 unspecified atom stereocenters. The van der Waals surface area contributed by atoms with Gasteiger partial charge in [0.2, 0.25) is 11.0 Å². The molecule has 1 aromatic carbocycles. The van der Waals surface area contributed by atoms with Crippen LogP contribution in [0.15, 0.2) is 30.3 Å². The van der Waals surface area contributed by atoms with Gasteiger partial charge >= 0.3 is 0 Å². The Kier molecular flexibility index (Phi) is 4.83. The van der Waals surface area contributed by atoms with Crippen LogP contribution < -0.4 is 5.32 Å². The van der Waals surface area contributed by atoms with E-state index in [1.54, 1.807) is 0 Å². The lowest BCUT2D eigenvalue weighted by Crippen LogP contribution is -2.24. The molecule has 4 nitrogen and oxygen atoms in total. The van der Waals surface area contributed by atoms with E-state index in [1.165, 1.54) is 23.3 Å².